The standard InChI is InChI=1S/C12H19NO2S/c1-13-10-12(8-9-16(2,14)15)11-6-4-3-5-7-11/h3-7,12-13H,8-10H2,1-2H3. The van der Waals surface area contributed by atoms with Gasteiger partial charge in [-0.2, -0.15) is 0 Å². The smallest absolute Gasteiger partial charge is 0.147 e. The Balaban J connectivity index is 2.69. The van der Waals surface area contributed by atoms with Crippen LogP contribution in [0.5, 0.6) is 0 Å². The highest BCUT2D eigenvalue weighted by molar-refractivity contribution is 7.90. The number of nitrogens with one attached hydrogen (secondary N) is 1. The van der Waals surface area contributed by atoms with Gasteiger partial charge in [-0.05, 0) is 24.9 Å². The number of likely N-dealkylation sites (N-methyl/N-ethyl adjacent to an activating group) is 1. The van der Waals surface area contributed by atoms with Crippen LogP contribution in [0.25, 0.3) is 0 Å². The zero-order valence-electron chi connectivity index (χ0n) is 9.81. The van der Waals surface area contributed by atoms with Crippen LogP contribution in [-0.2, 0) is 9.84 Å². The van der Waals surface area contributed by atoms with Crippen LogP contribution in [0.4, 0.5) is 0 Å². The Morgan fingerprint density at radius 3 is 2.38 bits per heavy atom. The fourth-order valence-corrected chi connectivity index (χ4v) is 2.43. The predicted octanol–water partition coefficient (Wildman–Crippen LogP) is 1.42. The van der Waals surface area contributed by atoms with Crippen molar-refractivity contribution in [2.75, 3.05) is 25.6 Å². The second-order valence-corrected chi connectivity index (χ2v) is 6.34. The molecule has 16 heavy (non-hydrogen) atoms. The molecule has 1 unspecified atom stereocenters. The zero-order chi connectivity index (χ0) is 12.0. The summed E-state index contributed by atoms with van der Waals surface area (Å²) in [7, 11) is -0.988. The van der Waals surface area contributed by atoms with Crippen molar-refractivity contribution in [2.45, 2.75) is 12.3 Å². The highest BCUT2D eigenvalue weighted by atomic mass is 32.2. The van der Waals surface area contributed by atoms with Crippen LogP contribution in [0.2, 0.25) is 0 Å². The van der Waals surface area contributed by atoms with Crippen molar-refractivity contribution in [3.63, 3.8) is 0 Å². The molecule has 1 N–H and O–H groups in total. The van der Waals surface area contributed by atoms with Crippen molar-refractivity contribution < 1.29 is 8.42 Å². The van der Waals surface area contributed by atoms with E-state index in [1.807, 2.05) is 37.4 Å². The molecule has 1 atom stereocenters. The first-order chi connectivity index (χ1) is 7.53. The Morgan fingerprint density at radius 2 is 1.88 bits per heavy atom. The number of benzene rings is 1. The molecule has 0 bridgehead atoms. The van der Waals surface area contributed by atoms with E-state index in [0.717, 1.165) is 6.54 Å². The van der Waals surface area contributed by atoms with E-state index < -0.39 is 9.84 Å². The van der Waals surface area contributed by atoms with Gasteiger partial charge in [0.15, 0.2) is 0 Å². The molecule has 0 heterocycles. The monoisotopic (exact) mass is 241 g/mol. The van der Waals surface area contributed by atoms with Crippen molar-refractivity contribution in [2.24, 2.45) is 0 Å². The lowest BCUT2D eigenvalue weighted by Gasteiger charge is -2.16. The van der Waals surface area contributed by atoms with Gasteiger partial charge in [-0.25, -0.2) is 8.42 Å². The van der Waals surface area contributed by atoms with Crippen LogP contribution >= 0.6 is 0 Å². The Kier molecular flexibility index (Phi) is 4.96. The first-order valence-electron chi connectivity index (χ1n) is 5.40. The highest BCUT2D eigenvalue weighted by Gasteiger charge is 2.13. The van der Waals surface area contributed by atoms with Crippen LogP contribution in [-0.4, -0.2) is 34.0 Å². The summed E-state index contributed by atoms with van der Waals surface area (Å²) in [5, 5.41) is 3.11. The normalized spacial score (nSPS) is 13.6. The molecular weight excluding hydrogens is 222 g/mol. The molecule has 1 aromatic rings. The zero-order valence-corrected chi connectivity index (χ0v) is 10.6. The maximum absolute atomic E-state index is 11.2. The minimum Gasteiger partial charge on any atom is -0.319 e. The van der Waals surface area contributed by atoms with Crippen LogP contribution < -0.4 is 5.32 Å². The Hall–Kier alpha value is -0.870. The van der Waals surface area contributed by atoms with Gasteiger partial charge in [0.05, 0.1) is 5.75 Å². The molecule has 0 aromatic heterocycles. The second-order valence-electron chi connectivity index (χ2n) is 4.08. The summed E-state index contributed by atoms with van der Waals surface area (Å²) < 4.78 is 22.3. The first-order valence-corrected chi connectivity index (χ1v) is 7.46. The van der Waals surface area contributed by atoms with E-state index in [2.05, 4.69) is 5.32 Å². The number of rotatable bonds is 6. The summed E-state index contributed by atoms with van der Waals surface area (Å²) in [4.78, 5) is 0. The molecule has 0 fully saturated rings. The molecule has 0 aliphatic rings. The van der Waals surface area contributed by atoms with Gasteiger partial charge < -0.3 is 5.32 Å². The van der Waals surface area contributed by atoms with Gasteiger partial charge >= 0.3 is 0 Å². The molecule has 0 aliphatic carbocycles. The van der Waals surface area contributed by atoms with Gasteiger partial charge in [-0.15, -0.1) is 0 Å². The van der Waals surface area contributed by atoms with Crippen molar-refractivity contribution in [3.05, 3.63) is 35.9 Å². The third-order valence-electron chi connectivity index (χ3n) is 2.56. The lowest BCUT2D eigenvalue weighted by molar-refractivity contribution is 0.578. The van der Waals surface area contributed by atoms with E-state index in [1.54, 1.807) is 0 Å². The van der Waals surface area contributed by atoms with Crippen molar-refractivity contribution in [3.8, 4) is 0 Å². The van der Waals surface area contributed by atoms with E-state index in [9.17, 15) is 8.42 Å². The number of hydrogen-bond donors (Lipinski definition) is 1. The van der Waals surface area contributed by atoms with Crippen molar-refractivity contribution in [1.29, 1.82) is 0 Å². The lowest BCUT2D eigenvalue weighted by Crippen LogP contribution is -2.19. The average molecular weight is 241 g/mol. The first kappa shape index (κ1) is 13.2. The largest absolute Gasteiger partial charge is 0.319 e. The van der Waals surface area contributed by atoms with Crippen LogP contribution in [0.1, 0.15) is 17.9 Å². The minimum atomic E-state index is -2.87. The molecular formula is C12H19NO2S. The fraction of sp³-hybridized carbons (Fsp3) is 0.500. The Labute approximate surface area is 97.8 Å². The summed E-state index contributed by atoms with van der Waals surface area (Å²) in [6.45, 7) is 0.805. The van der Waals surface area contributed by atoms with Crippen LogP contribution in [0.15, 0.2) is 30.3 Å². The van der Waals surface area contributed by atoms with Crippen LogP contribution in [0.3, 0.4) is 0 Å². The molecule has 0 radical (unpaired) electrons. The lowest BCUT2D eigenvalue weighted by atomic mass is 9.96. The van der Waals surface area contributed by atoms with Gasteiger partial charge in [-0.1, -0.05) is 30.3 Å². The van der Waals surface area contributed by atoms with Gasteiger partial charge in [0.25, 0.3) is 0 Å². The fourth-order valence-electron chi connectivity index (χ4n) is 1.71. The second kappa shape index (κ2) is 6.01. The average Bonchev–Trinajstić information content (AvgIpc) is 2.24. The molecule has 0 amide bonds. The van der Waals surface area contributed by atoms with Gasteiger partial charge in [0.1, 0.15) is 9.84 Å². The molecule has 0 spiro atoms. The summed E-state index contributed by atoms with van der Waals surface area (Å²) in [5.41, 5.74) is 1.19. The maximum atomic E-state index is 11.2. The minimum absolute atomic E-state index is 0.244. The molecule has 3 nitrogen and oxygen atoms in total. The predicted molar refractivity (Wildman–Crippen MR) is 67.4 cm³/mol. The molecule has 0 saturated carbocycles. The maximum Gasteiger partial charge on any atom is 0.147 e. The van der Waals surface area contributed by atoms with Crippen molar-refractivity contribution >= 4 is 9.84 Å². The summed E-state index contributed by atoms with van der Waals surface area (Å²) >= 11 is 0. The molecule has 0 saturated heterocycles. The van der Waals surface area contributed by atoms with Crippen LogP contribution in [0, 0.1) is 0 Å². The summed E-state index contributed by atoms with van der Waals surface area (Å²) in [5.74, 6) is 0.509. The highest BCUT2D eigenvalue weighted by Crippen LogP contribution is 2.19. The third-order valence-corrected chi connectivity index (χ3v) is 3.54. The molecule has 1 rings (SSSR count). The van der Waals surface area contributed by atoms with Gasteiger partial charge in [0.2, 0.25) is 0 Å². The molecule has 0 aliphatic heterocycles. The topological polar surface area (TPSA) is 46.2 Å². The molecule has 1 aromatic carbocycles. The SMILES string of the molecule is CNCC(CCS(C)(=O)=O)c1ccccc1. The molecule has 90 valence electrons. The Bertz CT molecular complexity index is 400. The van der Waals surface area contributed by atoms with Crippen molar-refractivity contribution in [1.82, 2.24) is 5.32 Å². The van der Waals surface area contributed by atoms with E-state index in [1.165, 1.54) is 11.8 Å². The van der Waals surface area contributed by atoms with E-state index in [0.29, 0.717) is 6.42 Å². The Morgan fingerprint density at radius 1 is 1.25 bits per heavy atom. The van der Waals surface area contributed by atoms with Gasteiger partial charge in [-0.3, -0.25) is 0 Å². The number of sulfone groups is 1. The van der Waals surface area contributed by atoms with Gasteiger partial charge in [0, 0.05) is 12.8 Å². The van der Waals surface area contributed by atoms with E-state index >= 15 is 0 Å². The van der Waals surface area contributed by atoms with E-state index in [4.69, 9.17) is 0 Å². The summed E-state index contributed by atoms with van der Waals surface area (Å²) in [6.07, 6.45) is 1.96. The summed E-state index contributed by atoms with van der Waals surface area (Å²) in [6, 6.07) is 10.0. The third kappa shape index (κ3) is 4.77. The number of hydrogen-bond acceptors (Lipinski definition) is 3. The quantitative estimate of drug-likeness (QED) is 0.819. The molecule has 4 heteroatoms. The van der Waals surface area contributed by atoms with E-state index in [-0.39, 0.29) is 11.7 Å².